The molecule has 0 N–H and O–H groups in total. The lowest BCUT2D eigenvalue weighted by atomic mass is 9.59. The van der Waals surface area contributed by atoms with Crippen LogP contribution < -0.4 is 0 Å². The van der Waals surface area contributed by atoms with Crippen molar-refractivity contribution < 1.29 is 0 Å². The lowest BCUT2D eigenvalue weighted by Crippen LogP contribution is -2.33. The number of rotatable bonds is 0. The third kappa shape index (κ3) is 1.94. The average Bonchev–Trinajstić information content (AvgIpc) is 2.38. The summed E-state index contributed by atoms with van der Waals surface area (Å²) < 4.78 is 0. The SMILES string of the molecule is CC1CCCC2=C1C(C)C1=C(C(C)CCC1C)C2C. The molecular weight excluding hydrogens is 228 g/mol. The number of hydrogen-bond acceptors (Lipinski definition) is 0. The maximum atomic E-state index is 2.51. The lowest BCUT2D eigenvalue weighted by molar-refractivity contribution is 0.355. The second-order valence-corrected chi connectivity index (χ2v) is 7.51. The van der Waals surface area contributed by atoms with Crippen LogP contribution in [0, 0.1) is 29.6 Å². The van der Waals surface area contributed by atoms with E-state index >= 15 is 0 Å². The summed E-state index contributed by atoms with van der Waals surface area (Å²) in [5.74, 6) is 3.98. The average molecular weight is 258 g/mol. The van der Waals surface area contributed by atoms with E-state index in [9.17, 15) is 0 Å². The highest BCUT2D eigenvalue weighted by Crippen LogP contribution is 2.53. The molecule has 0 heterocycles. The highest BCUT2D eigenvalue weighted by Gasteiger charge is 2.40. The molecule has 0 aliphatic heterocycles. The Balaban J connectivity index is 2.10. The smallest absolute Gasteiger partial charge is 0.00102 e. The lowest BCUT2D eigenvalue weighted by Gasteiger charge is -2.46. The van der Waals surface area contributed by atoms with Crippen molar-refractivity contribution in [3.8, 4) is 0 Å². The molecule has 0 nitrogen and oxygen atoms in total. The Hall–Kier alpha value is -0.520. The maximum Gasteiger partial charge on any atom is -0.00102 e. The summed E-state index contributed by atoms with van der Waals surface area (Å²) in [6, 6.07) is 0. The van der Waals surface area contributed by atoms with E-state index in [4.69, 9.17) is 0 Å². The van der Waals surface area contributed by atoms with Gasteiger partial charge >= 0.3 is 0 Å². The zero-order chi connectivity index (χ0) is 13.7. The van der Waals surface area contributed by atoms with Crippen LogP contribution in [0.4, 0.5) is 0 Å². The molecule has 5 unspecified atom stereocenters. The molecule has 3 aliphatic carbocycles. The molecule has 0 aromatic heterocycles. The fourth-order valence-corrected chi connectivity index (χ4v) is 5.48. The zero-order valence-electron chi connectivity index (χ0n) is 13.4. The van der Waals surface area contributed by atoms with E-state index < -0.39 is 0 Å². The van der Waals surface area contributed by atoms with Crippen LogP contribution in [0.2, 0.25) is 0 Å². The highest BCUT2D eigenvalue weighted by molar-refractivity contribution is 5.44. The fraction of sp³-hybridized carbons (Fsp3) is 0.789. The molecule has 0 heteroatoms. The summed E-state index contributed by atoms with van der Waals surface area (Å²) in [6.07, 6.45) is 7.04. The first-order valence-electron chi connectivity index (χ1n) is 8.49. The van der Waals surface area contributed by atoms with Crippen molar-refractivity contribution in [3.63, 3.8) is 0 Å². The normalized spacial score (nSPS) is 43.1. The zero-order valence-corrected chi connectivity index (χ0v) is 13.4. The van der Waals surface area contributed by atoms with Crippen LogP contribution in [-0.4, -0.2) is 0 Å². The van der Waals surface area contributed by atoms with E-state index in [0.717, 1.165) is 29.6 Å². The third-order valence-electron chi connectivity index (χ3n) is 6.34. The molecule has 0 bridgehead atoms. The molecule has 0 saturated heterocycles. The molecule has 3 aliphatic rings. The van der Waals surface area contributed by atoms with Gasteiger partial charge in [-0.15, -0.1) is 0 Å². The van der Waals surface area contributed by atoms with Gasteiger partial charge in [-0.3, -0.25) is 0 Å². The molecule has 0 radical (unpaired) electrons. The molecule has 0 fully saturated rings. The van der Waals surface area contributed by atoms with Gasteiger partial charge in [0.1, 0.15) is 0 Å². The monoisotopic (exact) mass is 258 g/mol. The van der Waals surface area contributed by atoms with Gasteiger partial charge in [-0.2, -0.15) is 0 Å². The summed E-state index contributed by atoms with van der Waals surface area (Å²) in [7, 11) is 0. The molecule has 106 valence electrons. The van der Waals surface area contributed by atoms with Gasteiger partial charge in [0.15, 0.2) is 0 Å². The van der Waals surface area contributed by atoms with Crippen LogP contribution >= 0.6 is 0 Å². The van der Waals surface area contributed by atoms with Crippen molar-refractivity contribution in [2.45, 2.75) is 66.7 Å². The first kappa shape index (κ1) is 13.5. The van der Waals surface area contributed by atoms with Gasteiger partial charge in [0, 0.05) is 0 Å². The van der Waals surface area contributed by atoms with Crippen molar-refractivity contribution in [3.05, 3.63) is 22.3 Å². The number of hydrogen-bond donors (Lipinski definition) is 0. The Kier molecular flexibility index (Phi) is 3.39. The van der Waals surface area contributed by atoms with E-state index in [1.165, 1.54) is 32.1 Å². The molecule has 0 amide bonds. The van der Waals surface area contributed by atoms with E-state index in [-0.39, 0.29) is 0 Å². The summed E-state index contributed by atoms with van der Waals surface area (Å²) in [5.41, 5.74) is 7.38. The van der Waals surface area contributed by atoms with Crippen molar-refractivity contribution in [1.82, 2.24) is 0 Å². The molecule has 0 spiro atoms. The molecule has 0 aromatic carbocycles. The third-order valence-corrected chi connectivity index (χ3v) is 6.34. The second kappa shape index (κ2) is 4.79. The van der Waals surface area contributed by atoms with Crippen molar-refractivity contribution >= 4 is 0 Å². The van der Waals surface area contributed by atoms with Gasteiger partial charge in [0.25, 0.3) is 0 Å². The van der Waals surface area contributed by atoms with Crippen LogP contribution in [-0.2, 0) is 0 Å². The minimum Gasteiger partial charge on any atom is -0.0632 e. The summed E-state index contributed by atoms with van der Waals surface area (Å²) >= 11 is 0. The summed E-state index contributed by atoms with van der Waals surface area (Å²) in [4.78, 5) is 0. The van der Waals surface area contributed by atoms with Crippen LogP contribution in [0.5, 0.6) is 0 Å². The Bertz CT molecular complexity index is 437. The Morgan fingerprint density at radius 1 is 0.632 bits per heavy atom. The van der Waals surface area contributed by atoms with Gasteiger partial charge in [-0.1, -0.05) is 56.9 Å². The first-order chi connectivity index (χ1) is 9.02. The van der Waals surface area contributed by atoms with E-state index in [1.54, 1.807) is 0 Å². The molecule has 0 saturated carbocycles. The number of allylic oxidation sites excluding steroid dienone is 4. The van der Waals surface area contributed by atoms with Gasteiger partial charge in [0.05, 0.1) is 0 Å². The summed E-state index contributed by atoms with van der Waals surface area (Å²) in [5, 5.41) is 0. The van der Waals surface area contributed by atoms with Crippen LogP contribution in [0.25, 0.3) is 0 Å². The Labute approximate surface area is 119 Å². The van der Waals surface area contributed by atoms with Crippen LogP contribution in [0.15, 0.2) is 22.3 Å². The topological polar surface area (TPSA) is 0 Å². The largest absolute Gasteiger partial charge is 0.0632 e. The van der Waals surface area contributed by atoms with E-state index in [1.807, 2.05) is 22.3 Å². The van der Waals surface area contributed by atoms with Crippen molar-refractivity contribution in [2.24, 2.45) is 29.6 Å². The molecule has 3 rings (SSSR count). The minimum atomic E-state index is 0.745. The Morgan fingerprint density at radius 3 is 1.79 bits per heavy atom. The van der Waals surface area contributed by atoms with E-state index in [0.29, 0.717) is 0 Å². The quantitative estimate of drug-likeness (QED) is 0.485. The first-order valence-corrected chi connectivity index (χ1v) is 8.49. The van der Waals surface area contributed by atoms with Gasteiger partial charge < -0.3 is 0 Å². The van der Waals surface area contributed by atoms with Gasteiger partial charge in [0.2, 0.25) is 0 Å². The van der Waals surface area contributed by atoms with Crippen LogP contribution in [0.1, 0.15) is 66.7 Å². The van der Waals surface area contributed by atoms with Crippen molar-refractivity contribution in [1.29, 1.82) is 0 Å². The van der Waals surface area contributed by atoms with E-state index in [2.05, 4.69) is 34.6 Å². The van der Waals surface area contributed by atoms with Crippen molar-refractivity contribution in [2.75, 3.05) is 0 Å². The predicted octanol–water partition coefficient (Wildman–Crippen LogP) is 5.75. The molecule has 5 atom stereocenters. The standard InChI is InChI=1S/C19H30/c1-11-7-6-8-16-14(4)18-12(2)9-10-13(3)19(18)15(5)17(11)16/h11-15H,6-10H2,1-5H3. The molecule has 19 heavy (non-hydrogen) atoms. The molecular formula is C19H30. The fourth-order valence-electron chi connectivity index (χ4n) is 5.48. The predicted molar refractivity (Wildman–Crippen MR) is 83.0 cm³/mol. The van der Waals surface area contributed by atoms with Crippen LogP contribution in [0.3, 0.4) is 0 Å². The maximum absolute atomic E-state index is 2.51. The van der Waals surface area contributed by atoms with Gasteiger partial charge in [-0.05, 0) is 61.7 Å². The summed E-state index contributed by atoms with van der Waals surface area (Å²) in [6.45, 7) is 12.4. The minimum absolute atomic E-state index is 0.745. The molecule has 0 aromatic rings. The highest BCUT2D eigenvalue weighted by atomic mass is 14.4. The second-order valence-electron chi connectivity index (χ2n) is 7.51. The Morgan fingerprint density at radius 2 is 1.16 bits per heavy atom. The van der Waals surface area contributed by atoms with Gasteiger partial charge in [-0.25, -0.2) is 0 Å².